The molecule has 2 aromatic rings. The lowest BCUT2D eigenvalue weighted by Crippen LogP contribution is -2.36. The van der Waals surface area contributed by atoms with Crippen molar-refractivity contribution in [2.75, 3.05) is 22.1 Å². The lowest BCUT2D eigenvalue weighted by Gasteiger charge is -2.11. The van der Waals surface area contributed by atoms with E-state index < -0.39 is 21.8 Å². The van der Waals surface area contributed by atoms with E-state index in [9.17, 15) is 18.0 Å². The lowest BCUT2D eigenvalue weighted by molar-refractivity contribution is -0.114. The summed E-state index contributed by atoms with van der Waals surface area (Å²) >= 11 is 0. The number of benzene rings is 1. The summed E-state index contributed by atoms with van der Waals surface area (Å²) in [4.78, 5) is 31.5. The molecule has 2 heterocycles. The first-order valence-corrected chi connectivity index (χ1v) is 10.1. The molecule has 3 N–H and O–H groups in total. The van der Waals surface area contributed by atoms with Crippen molar-refractivity contribution in [1.29, 1.82) is 0 Å². The van der Waals surface area contributed by atoms with E-state index in [1.165, 1.54) is 19.3 Å². The Morgan fingerprint density at radius 2 is 1.93 bits per heavy atom. The highest BCUT2D eigenvalue weighted by Crippen LogP contribution is 2.18. The van der Waals surface area contributed by atoms with Gasteiger partial charge < -0.3 is 16.0 Å². The first-order valence-electron chi connectivity index (χ1n) is 8.29. The number of nitrogens with one attached hydrogen (secondary N) is 3. The summed E-state index contributed by atoms with van der Waals surface area (Å²) in [7, 11) is -3.06. The fourth-order valence-electron chi connectivity index (χ4n) is 2.70. The van der Waals surface area contributed by atoms with Crippen LogP contribution in [0.2, 0.25) is 0 Å². The van der Waals surface area contributed by atoms with Crippen molar-refractivity contribution >= 4 is 38.8 Å². The van der Waals surface area contributed by atoms with Crippen LogP contribution in [-0.4, -0.2) is 47.7 Å². The van der Waals surface area contributed by atoms with Gasteiger partial charge in [0.15, 0.2) is 9.84 Å². The Balaban J connectivity index is 1.62. The van der Waals surface area contributed by atoms with Crippen molar-refractivity contribution in [3.63, 3.8) is 0 Å². The molecule has 1 aliphatic heterocycles. The van der Waals surface area contributed by atoms with Gasteiger partial charge in [-0.3, -0.25) is 9.59 Å². The van der Waals surface area contributed by atoms with Crippen LogP contribution in [0, 0.1) is 0 Å². The summed E-state index contributed by atoms with van der Waals surface area (Å²) in [6.45, 7) is 1.43. The van der Waals surface area contributed by atoms with E-state index in [1.54, 1.807) is 24.3 Å². The highest BCUT2D eigenvalue weighted by Gasteiger charge is 2.29. The zero-order valence-electron chi connectivity index (χ0n) is 14.6. The smallest absolute Gasteiger partial charge is 0.271 e. The number of nitrogens with zero attached hydrogens (tertiary/aromatic N) is 2. The van der Waals surface area contributed by atoms with Gasteiger partial charge in [0.25, 0.3) is 5.91 Å². The molecule has 9 nitrogen and oxygen atoms in total. The Labute approximate surface area is 156 Å². The van der Waals surface area contributed by atoms with E-state index in [0.29, 0.717) is 23.6 Å². The third kappa shape index (κ3) is 5.23. The molecule has 1 atom stereocenters. The summed E-state index contributed by atoms with van der Waals surface area (Å²) in [6.07, 6.45) is 3.13. The van der Waals surface area contributed by atoms with Crippen molar-refractivity contribution in [2.45, 2.75) is 19.4 Å². The summed E-state index contributed by atoms with van der Waals surface area (Å²) < 4.78 is 22.9. The van der Waals surface area contributed by atoms with Gasteiger partial charge in [-0.05, 0) is 24.6 Å². The van der Waals surface area contributed by atoms with Crippen LogP contribution < -0.4 is 16.0 Å². The van der Waals surface area contributed by atoms with Gasteiger partial charge in [-0.2, -0.15) is 0 Å². The molecule has 0 spiro atoms. The van der Waals surface area contributed by atoms with Crippen LogP contribution in [0.25, 0.3) is 0 Å². The molecule has 1 aromatic heterocycles. The SMILES string of the molecule is CC(=O)Nc1cccc(Nc2cnc(C(=O)NC3CCS(=O)(=O)C3)cn2)c1. The quantitative estimate of drug-likeness (QED) is 0.698. The minimum absolute atomic E-state index is 0.0452. The normalized spacial score (nSPS) is 17.9. The van der Waals surface area contributed by atoms with Gasteiger partial charge in [0.2, 0.25) is 5.91 Å². The molecule has 0 bridgehead atoms. The number of amides is 2. The average Bonchev–Trinajstić information content (AvgIpc) is 2.93. The van der Waals surface area contributed by atoms with E-state index >= 15 is 0 Å². The number of hydrogen-bond donors (Lipinski definition) is 3. The second kappa shape index (κ2) is 7.70. The molecule has 1 unspecified atom stereocenters. The third-order valence-electron chi connectivity index (χ3n) is 3.91. The predicted octanol–water partition coefficient (Wildman–Crippen LogP) is 1.10. The minimum Gasteiger partial charge on any atom is -0.347 e. The summed E-state index contributed by atoms with van der Waals surface area (Å²) in [6, 6.07) is 6.69. The van der Waals surface area contributed by atoms with Crippen LogP contribution >= 0.6 is 0 Å². The second-order valence-corrected chi connectivity index (χ2v) is 8.48. The van der Waals surface area contributed by atoms with Gasteiger partial charge in [-0.15, -0.1) is 0 Å². The molecule has 1 saturated heterocycles. The zero-order valence-corrected chi connectivity index (χ0v) is 15.4. The first-order chi connectivity index (χ1) is 12.8. The van der Waals surface area contributed by atoms with Crippen LogP contribution in [0.4, 0.5) is 17.2 Å². The molecule has 3 rings (SSSR count). The molecule has 10 heteroatoms. The fourth-order valence-corrected chi connectivity index (χ4v) is 4.38. The number of aromatic nitrogens is 2. The van der Waals surface area contributed by atoms with Gasteiger partial charge >= 0.3 is 0 Å². The van der Waals surface area contributed by atoms with Crippen LogP contribution in [0.3, 0.4) is 0 Å². The largest absolute Gasteiger partial charge is 0.347 e. The van der Waals surface area contributed by atoms with E-state index in [4.69, 9.17) is 0 Å². The van der Waals surface area contributed by atoms with Crippen molar-refractivity contribution in [1.82, 2.24) is 15.3 Å². The van der Waals surface area contributed by atoms with Crippen LogP contribution in [0.1, 0.15) is 23.8 Å². The number of carbonyl (C=O) groups is 2. The molecule has 1 aromatic carbocycles. The van der Waals surface area contributed by atoms with Gasteiger partial charge in [0.05, 0.1) is 23.9 Å². The van der Waals surface area contributed by atoms with Crippen LogP contribution in [0.15, 0.2) is 36.7 Å². The number of carbonyl (C=O) groups excluding carboxylic acids is 2. The third-order valence-corrected chi connectivity index (χ3v) is 5.68. The maximum atomic E-state index is 12.2. The molecular formula is C17H19N5O4S. The first kappa shape index (κ1) is 18.8. The molecule has 0 radical (unpaired) electrons. The van der Waals surface area contributed by atoms with E-state index in [1.807, 2.05) is 0 Å². The maximum absolute atomic E-state index is 12.2. The highest BCUT2D eigenvalue weighted by atomic mass is 32.2. The monoisotopic (exact) mass is 389 g/mol. The highest BCUT2D eigenvalue weighted by molar-refractivity contribution is 7.91. The standard InChI is InChI=1S/C17H19N5O4S/c1-11(23)20-12-3-2-4-13(7-12)21-16-9-18-15(8-19-16)17(24)22-14-5-6-27(25,26)10-14/h2-4,7-9,14H,5-6,10H2,1H3,(H,19,21)(H,20,23)(H,22,24). The number of sulfone groups is 1. The minimum atomic E-state index is -3.06. The fraction of sp³-hybridized carbons (Fsp3) is 0.294. The Hall–Kier alpha value is -3.01. The summed E-state index contributed by atoms with van der Waals surface area (Å²) in [5.41, 5.74) is 1.45. The Kier molecular flexibility index (Phi) is 5.36. The van der Waals surface area contributed by atoms with Gasteiger partial charge in [0.1, 0.15) is 11.5 Å². The predicted molar refractivity (Wildman–Crippen MR) is 101 cm³/mol. The second-order valence-electron chi connectivity index (χ2n) is 6.25. The average molecular weight is 389 g/mol. The molecule has 0 saturated carbocycles. The Morgan fingerprint density at radius 3 is 2.56 bits per heavy atom. The van der Waals surface area contributed by atoms with Gasteiger partial charge in [0, 0.05) is 24.3 Å². The van der Waals surface area contributed by atoms with Crippen molar-refractivity contribution < 1.29 is 18.0 Å². The van der Waals surface area contributed by atoms with Crippen LogP contribution in [-0.2, 0) is 14.6 Å². The van der Waals surface area contributed by atoms with Crippen molar-refractivity contribution in [3.8, 4) is 0 Å². The van der Waals surface area contributed by atoms with Crippen molar-refractivity contribution in [3.05, 3.63) is 42.4 Å². The van der Waals surface area contributed by atoms with Gasteiger partial charge in [-0.25, -0.2) is 18.4 Å². The molecule has 2 amide bonds. The van der Waals surface area contributed by atoms with Gasteiger partial charge in [-0.1, -0.05) is 6.07 Å². The molecule has 142 valence electrons. The molecular weight excluding hydrogens is 370 g/mol. The van der Waals surface area contributed by atoms with E-state index in [0.717, 1.165) is 0 Å². The summed E-state index contributed by atoms with van der Waals surface area (Å²) in [5.74, 6) is -0.156. The number of rotatable bonds is 5. The summed E-state index contributed by atoms with van der Waals surface area (Å²) in [5, 5.41) is 8.38. The van der Waals surface area contributed by atoms with Crippen molar-refractivity contribution in [2.24, 2.45) is 0 Å². The number of hydrogen-bond acceptors (Lipinski definition) is 7. The number of anilines is 3. The molecule has 0 aliphatic carbocycles. The Bertz CT molecular complexity index is 960. The Morgan fingerprint density at radius 1 is 1.15 bits per heavy atom. The van der Waals surface area contributed by atoms with E-state index in [2.05, 4.69) is 25.9 Å². The topological polar surface area (TPSA) is 130 Å². The van der Waals surface area contributed by atoms with Crippen LogP contribution in [0.5, 0.6) is 0 Å². The maximum Gasteiger partial charge on any atom is 0.271 e. The molecule has 1 fully saturated rings. The van der Waals surface area contributed by atoms with E-state index in [-0.39, 0.29) is 23.1 Å². The molecule has 1 aliphatic rings. The molecule has 27 heavy (non-hydrogen) atoms. The zero-order chi connectivity index (χ0) is 19.4. The lowest BCUT2D eigenvalue weighted by atomic mass is 10.2.